The highest BCUT2D eigenvalue weighted by atomic mass is 16.6. The predicted molar refractivity (Wildman–Crippen MR) is 142 cm³/mol. The Bertz CT molecular complexity index is 1190. The van der Waals surface area contributed by atoms with Gasteiger partial charge in [0.05, 0.1) is 37.0 Å². The molecule has 0 radical (unpaired) electrons. The van der Waals surface area contributed by atoms with Crippen LogP contribution in [0, 0.1) is 13.8 Å². The third-order valence-corrected chi connectivity index (χ3v) is 7.33. The maximum absolute atomic E-state index is 12.7. The van der Waals surface area contributed by atoms with Crippen molar-refractivity contribution in [3.05, 3.63) is 35.7 Å². The number of benzene rings is 1. The summed E-state index contributed by atoms with van der Waals surface area (Å²) < 4.78 is 17.6. The number of ether oxygens (including phenoxy) is 3. The van der Waals surface area contributed by atoms with Gasteiger partial charge in [-0.1, -0.05) is 0 Å². The Morgan fingerprint density at radius 1 is 1.13 bits per heavy atom. The Morgan fingerprint density at radius 2 is 1.87 bits per heavy atom. The van der Waals surface area contributed by atoms with E-state index >= 15 is 0 Å². The molecule has 4 heterocycles. The van der Waals surface area contributed by atoms with Crippen molar-refractivity contribution in [2.75, 3.05) is 43.6 Å². The summed E-state index contributed by atoms with van der Waals surface area (Å²) in [6.07, 6.45) is 2.21. The van der Waals surface area contributed by atoms with Crippen LogP contribution in [0.2, 0.25) is 0 Å². The van der Waals surface area contributed by atoms with Gasteiger partial charge in [0.1, 0.15) is 18.2 Å². The fourth-order valence-electron chi connectivity index (χ4n) is 5.33. The molecule has 11 nitrogen and oxygen atoms in total. The third-order valence-electron chi connectivity index (χ3n) is 7.33. The summed E-state index contributed by atoms with van der Waals surface area (Å²) >= 11 is 0. The van der Waals surface area contributed by atoms with E-state index in [9.17, 15) is 9.59 Å². The lowest BCUT2D eigenvalue weighted by Crippen LogP contribution is -2.61. The number of urea groups is 1. The monoisotopic (exact) mass is 524 g/mol. The van der Waals surface area contributed by atoms with Crippen LogP contribution in [-0.2, 0) is 9.47 Å². The molecule has 2 bridgehead atoms. The highest BCUT2D eigenvalue weighted by Gasteiger charge is 2.43. The molecule has 3 aliphatic rings. The van der Waals surface area contributed by atoms with E-state index in [0.717, 1.165) is 29.0 Å². The van der Waals surface area contributed by atoms with Gasteiger partial charge in [0.15, 0.2) is 0 Å². The molecule has 2 unspecified atom stereocenters. The molecule has 3 aliphatic heterocycles. The van der Waals surface area contributed by atoms with E-state index in [1.165, 1.54) is 6.33 Å². The average Bonchev–Trinajstić information content (AvgIpc) is 3.19. The van der Waals surface area contributed by atoms with Crippen LogP contribution < -0.4 is 15.0 Å². The van der Waals surface area contributed by atoms with Crippen molar-refractivity contribution >= 4 is 29.3 Å². The van der Waals surface area contributed by atoms with E-state index in [4.69, 9.17) is 14.2 Å². The van der Waals surface area contributed by atoms with Gasteiger partial charge in [-0.25, -0.2) is 19.6 Å². The highest BCUT2D eigenvalue weighted by molar-refractivity contribution is 5.94. The van der Waals surface area contributed by atoms with Crippen molar-refractivity contribution in [2.45, 2.75) is 64.8 Å². The molecular weight excluding hydrogens is 488 g/mol. The molecule has 5 rings (SSSR count). The molecule has 0 aliphatic carbocycles. The SMILES string of the molecule is Cc1cc(N2CCN(C)C2=O)ccc1Nc1ncnc(OC2CC3COCC(C2)N3C(=O)OC(C)C)c1C. The van der Waals surface area contributed by atoms with Crippen molar-refractivity contribution < 1.29 is 23.8 Å². The molecule has 2 aromatic rings. The number of aromatic nitrogens is 2. The highest BCUT2D eigenvalue weighted by Crippen LogP contribution is 2.34. The fraction of sp³-hybridized carbons (Fsp3) is 0.556. The zero-order valence-electron chi connectivity index (χ0n) is 22.6. The van der Waals surface area contributed by atoms with E-state index in [-0.39, 0.29) is 36.4 Å². The summed E-state index contributed by atoms with van der Waals surface area (Å²) in [5.41, 5.74) is 3.57. The number of carbonyl (C=O) groups excluding carboxylic acids is 2. The van der Waals surface area contributed by atoms with Crippen LogP contribution >= 0.6 is 0 Å². The Labute approximate surface area is 223 Å². The van der Waals surface area contributed by atoms with E-state index in [1.807, 2.05) is 57.8 Å². The molecule has 1 aromatic heterocycles. The van der Waals surface area contributed by atoms with Crippen LogP contribution in [-0.4, -0.2) is 89.5 Å². The molecule has 11 heteroatoms. The summed E-state index contributed by atoms with van der Waals surface area (Å²) in [6, 6.07) is 5.73. The molecule has 204 valence electrons. The minimum absolute atomic E-state index is 0.0110. The Hall–Kier alpha value is -3.60. The van der Waals surface area contributed by atoms with E-state index in [2.05, 4.69) is 15.3 Å². The van der Waals surface area contributed by atoms with Crippen molar-refractivity contribution in [3.63, 3.8) is 0 Å². The lowest BCUT2D eigenvalue weighted by molar-refractivity contribution is -0.0934. The molecule has 3 amide bonds. The molecule has 0 saturated carbocycles. The first kappa shape index (κ1) is 26.0. The van der Waals surface area contributed by atoms with Gasteiger partial charge in [0.25, 0.3) is 0 Å². The molecular formula is C27H36N6O5. The molecule has 3 saturated heterocycles. The number of amides is 3. The summed E-state index contributed by atoms with van der Waals surface area (Å²) in [4.78, 5) is 39.2. The van der Waals surface area contributed by atoms with Gasteiger partial charge >= 0.3 is 12.1 Å². The largest absolute Gasteiger partial charge is 0.474 e. The summed E-state index contributed by atoms with van der Waals surface area (Å²) in [5, 5.41) is 3.40. The smallest absolute Gasteiger partial charge is 0.410 e. The van der Waals surface area contributed by atoms with E-state index in [1.54, 1.807) is 9.80 Å². The first-order chi connectivity index (χ1) is 18.2. The van der Waals surface area contributed by atoms with Gasteiger partial charge in [-0.05, 0) is 51.5 Å². The second kappa shape index (κ2) is 10.6. The zero-order valence-corrected chi connectivity index (χ0v) is 22.6. The molecule has 1 N–H and O–H groups in total. The summed E-state index contributed by atoms with van der Waals surface area (Å²) in [5.74, 6) is 1.17. The average molecular weight is 525 g/mol. The number of fused-ring (bicyclic) bond motifs is 2. The fourth-order valence-corrected chi connectivity index (χ4v) is 5.33. The normalized spacial score (nSPS) is 23.2. The number of aryl methyl sites for hydroxylation is 1. The maximum Gasteiger partial charge on any atom is 0.410 e. The van der Waals surface area contributed by atoms with Gasteiger partial charge in [-0.2, -0.15) is 0 Å². The van der Waals surface area contributed by atoms with Crippen LogP contribution in [0.5, 0.6) is 5.88 Å². The first-order valence-corrected chi connectivity index (χ1v) is 13.2. The number of likely N-dealkylation sites (N-methyl/N-ethyl adjacent to an activating group) is 1. The minimum atomic E-state index is -0.288. The number of hydrogen-bond donors (Lipinski definition) is 1. The zero-order chi connectivity index (χ0) is 27.0. The molecule has 3 fully saturated rings. The van der Waals surface area contributed by atoms with Crippen molar-refractivity contribution in [1.29, 1.82) is 0 Å². The standard InChI is InChI=1S/C27H36N6O5/c1-16(2)37-27(35)33-20-11-22(12-21(33)14-36-13-20)38-25-18(4)24(28-15-29-25)30-23-7-6-19(10-17(23)3)32-9-8-31(5)26(32)34/h6-7,10,15-16,20-22H,8-9,11-14H2,1-5H3,(H,28,29,30). The molecule has 1 aromatic carbocycles. The Kier molecular flexibility index (Phi) is 7.29. The number of morpholine rings is 1. The van der Waals surface area contributed by atoms with Crippen LogP contribution in [0.3, 0.4) is 0 Å². The van der Waals surface area contributed by atoms with Crippen LogP contribution in [0.25, 0.3) is 0 Å². The van der Waals surface area contributed by atoms with Gasteiger partial charge in [0, 0.05) is 44.4 Å². The minimum Gasteiger partial charge on any atom is -0.474 e. The van der Waals surface area contributed by atoms with Gasteiger partial charge in [0.2, 0.25) is 5.88 Å². The quantitative estimate of drug-likeness (QED) is 0.607. The third kappa shape index (κ3) is 5.20. The van der Waals surface area contributed by atoms with Gasteiger partial charge in [-0.3, -0.25) is 9.80 Å². The summed E-state index contributed by atoms with van der Waals surface area (Å²) in [7, 11) is 1.81. The maximum atomic E-state index is 12.7. The lowest BCUT2D eigenvalue weighted by Gasteiger charge is -2.47. The topological polar surface area (TPSA) is 109 Å². The van der Waals surface area contributed by atoms with Gasteiger partial charge in [-0.15, -0.1) is 0 Å². The first-order valence-electron chi connectivity index (χ1n) is 13.2. The Morgan fingerprint density at radius 3 is 2.50 bits per heavy atom. The number of nitrogens with one attached hydrogen (secondary N) is 1. The van der Waals surface area contributed by atoms with E-state index in [0.29, 0.717) is 44.3 Å². The van der Waals surface area contributed by atoms with Crippen molar-refractivity contribution in [1.82, 2.24) is 19.8 Å². The second-order valence-electron chi connectivity index (χ2n) is 10.5. The second-order valence-corrected chi connectivity index (χ2v) is 10.5. The number of carbonyl (C=O) groups is 2. The van der Waals surface area contributed by atoms with Crippen molar-refractivity contribution in [3.8, 4) is 5.88 Å². The lowest BCUT2D eigenvalue weighted by atomic mass is 9.92. The molecule has 0 spiro atoms. The van der Waals surface area contributed by atoms with Gasteiger partial charge < -0.3 is 24.4 Å². The van der Waals surface area contributed by atoms with Crippen molar-refractivity contribution in [2.24, 2.45) is 0 Å². The number of hydrogen-bond acceptors (Lipinski definition) is 8. The number of rotatable bonds is 6. The van der Waals surface area contributed by atoms with Crippen LogP contribution in [0.1, 0.15) is 37.8 Å². The van der Waals surface area contributed by atoms with Crippen LogP contribution in [0.4, 0.5) is 26.8 Å². The Balaban J connectivity index is 1.27. The van der Waals surface area contributed by atoms with E-state index < -0.39 is 0 Å². The number of nitrogens with zero attached hydrogens (tertiary/aromatic N) is 5. The number of piperidine rings is 1. The molecule has 38 heavy (non-hydrogen) atoms. The molecule has 2 atom stereocenters. The predicted octanol–water partition coefficient (Wildman–Crippen LogP) is 3.86. The summed E-state index contributed by atoms with van der Waals surface area (Å²) in [6.45, 7) is 9.97. The van der Waals surface area contributed by atoms with Crippen LogP contribution in [0.15, 0.2) is 24.5 Å². The number of anilines is 3.